The summed E-state index contributed by atoms with van der Waals surface area (Å²) in [5.41, 5.74) is 3.87. The van der Waals surface area contributed by atoms with Crippen LogP contribution in [-0.2, 0) is 13.1 Å². The smallest absolute Gasteiger partial charge is 0.117 e. The van der Waals surface area contributed by atoms with Gasteiger partial charge in [-0.25, -0.2) is 0 Å². The average Bonchev–Trinajstić information content (AvgIpc) is 3.25. The number of benzene rings is 2. The molecular formula is C27H37Cl2N5. The van der Waals surface area contributed by atoms with Gasteiger partial charge in [-0.2, -0.15) is 15.0 Å². The van der Waals surface area contributed by atoms with Crippen molar-refractivity contribution in [2.75, 3.05) is 26.2 Å². The summed E-state index contributed by atoms with van der Waals surface area (Å²) in [5.74, 6) is 0. The van der Waals surface area contributed by atoms with Crippen LogP contribution in [0.25, 0.3) is 11.3 Å². The van der Waals surface area contributed by atoms with E-state index in [0.29, 0.717) is 23.1 Å². The third-order valence-electron chi connectivity index (χ3n) is 5.88. The van der Waals surface area contributed by atoms with E-state index < -0.39 is 0 Å². The zero-order chi connectivity index (χ0) is 24.2. The Balaban J connectivity index is 1.62. The summed E-state index contributed by atoms with van der Waals surface area (Å²) in [5, 5.41) is 14.4. The second kappa shape index (κ2) is 14.5. The van der Waals surface area contributed by atoms with E-state index in [-0.39, 0.29) is 0 Å². The lowest BCUT2D eigenvalue weighted by molar-refractivity contribution is 0.261. The Bertz CT molecular complexity index is 982. The van der Waals surface area contributed by atoms with Crippen molar-refractivity contribution in [3.8, 4) is 11.3 Å². The molecule has 0 atom stereocenters. The van der Waals surface area contributed by atoms with Crippen LogP contribution in [0.15, 0.2) is 48.5 Å². The molecule has 0 bridgehead atoms. The number of halogens is 2. The maximum absolute atomic E-state index is 6.38. The van der Waals surface area contributed by atoms with Crippen molar-refractivity contribution in [3.05, 3.63) is 69.8 Å². The fraction of sp³-hybridized carbons (Fsp3) is 0.481. The molecule has 0 radical (unpaired) electrons. The number of aromatic nitrogens is 3. The zero-order valence-electron chi connectivity index (χ0n) is 20.4. The molecule has 34 heavy (non-hydrogen) atoms. The van der Waals surface area contributed by atoms with Gasteiger partial charge < -0.3 is 10.2 Å². The highest BCUT2D eigenvalue weighted by Gasteiger charge is 2.14. The van der Waals surface area contributed by atoms with Crippen molar-refractivity contribution in [3.63, 3.8) is 0 Å². The molecule has 1 aromatic heterocycles. The SMILES string of the molecule is CCCCN(CCCC)CCCNCc1nn(Cc2ccc(Cl)cc2Cl)nc1-c1ccccc1. The van der Waals surface area contributed by atoms with Gasteiger partial charge in [0.25, 0.3) is 0 Å². The van der Waals surface area contributed by atoms with Crippen LogP contribution in [0.1, 0.15) is 57.2 Å². The van der Waals surface area contributed by atoms with Crippen molar-refractivity contribution in [1.82, 2.24) is 25.2 Å². The van der Waals surface area contributed by atoms with E-state index in [9.17, 15) is 0 Å². The second-order valence-electron chi connectivity index (χ2n) is 8.71. The zero-order valence-corrected chi connectivity index (χ0v) is 22.0. The van der Waals surface area contributed by atoms with Crippen molar-refractivity contribution in [2.45, 2.75) is 59.0 Å². The fourth-order valence-corrected chi connectivity index (χ4v) is 4.40. The standard InChI is InChI=1S/C27H37Cl2N5/c1-3-5-16-33(17-6-4-2)18-10-15-30-20-26-27(22-11-8-7-9-12-22)32-34(31-26)21-23-13-14-24(28)19-25(23)29/h7-9,11-14,19,30H,3-6,10,15-18,20-21H2,1-2H3. The molecule has 7 heteroatoms. The van der Waals surface area contributed by atoms with Crippen molar-refractivity contribution < 1.29 is 0 Å². The monoisotopic (exact) mass is 501 g/mol. The summed E-state index contributed by atoms with van der Waals surface area (Å²) in [6.07, 6.45) is 6.18. The first-order valence-electron chi connectivity index (χ1n) is 12.5. The van der Waals surface area contributed by atoms with Gasteiger partial charge in [0.15, 0.2) is 0 Å². The topological polar surface area (TPSA) is 46.0 Å². The molecule has 0 fully saturated rings. The first kappa shape index (κ1) is 26.7. The van der Waals surface area contributed by atoms with Gasteiger partial charge in [0.05, 0.1) is 6.54 Å². The van der Waals surface area contributed by atoms with E-state index in [1.165, 1.54) is 38.8 Å². The van der Waals surface area contributed by atoms with Gasteiger partial charge in [-0.1, -0.05) is 86.3 Å². The van der Waals surface area contributed by atoms with Crippen LogP contribution in [0.5, 0.6) is 0 Å². The van der Waals surface area contributed by atoms with Gasteiger partial charge in [-0.3, -0.25) is 0 Å². The Labute approximate surface area is 214 Å². The number of rotatable bonds is 15. The molecule has 184 valence electrons. The minimum Gasteiger partial charge on any atom is -0.311 e. The molecule has 0 aliphatic rings. The number of nitrogens with one attached hydrogen (secondary N) is 1. The van der Waals surface area contributed by atoms with Gasteiger partial charge in [-0.15, -0.1) is 0 Å². The van der Waals surface area contributed by atoms with E-state index in [0.717, 1.165) is 42.0 Å². The highest BCUT2D eigenvalue weighted by atomic mass is 35.5. The number of hydrogen-bond donors (Lipinski definition) is 1. The molecule has 5 nitrogen and oxygen atoms in total. The summed E-state index contributed by atoms with van der Waals surface area (Å²) in [4.78, 5) is 4.34. The van der Waals surface area contributed by atoms with Crippen LogP contribution in [0, 0.1) is 0 Å². The lowest BCUT2D eigenvalue weighted by Crippen LogP contribution is -2.29. The second-order valence-corrected chi connectivity index (χ2v) is 9.55. The van der Waals surface area contributed by atoms with E-state index in [2.05, 4.69) is 36.2 Å². The normalized spacial score (nSPS) is 11.4. The van der Waals surface area contributed by atoms with E-state index in [4.69, 9.17) is 33.4 Å². The predicted octanol–water partition coefficient (Wildman–Crippen LogP) is 6.68. The maximum atomic E-state index is 6.38. The molecule has 2 aromatic carbocycles. The largest absolute Gasteiger partial charge is 0.311 e. The van der Waals surface area contributed by atoms with E-state index in [1.54, 1.807) is 10.9 Å². The summed E-state index contributed by atoms with van der Waals surface area (Å²) < 4.78 is 0. The van der Waals surface area contributed by atoms with Gasteiger partial charge >= 0.3 is 0 Å². The minimum absolute atomic E-state index is 0.500. The molecule has 3 rings (SSSR count). The number of nitrogens with zero attached hydrogens (tertiary/aromatic N) is 4. The van der Waals surface area contributed by atoms with Crippen LogP contribution < -0.4 is 5.32 Å². The van der Waals surface area contributed by atoms with Gasteiger partial charge in [0.1, 0.15) is 11.4 Å². The number of hydrogen-bond acceptors (Lipinski definition) is 4. The molecule has 1 N–H and O–H groups in total. The third kappa shape index (κ3) is 8.38. The lowest BCUT2D eigenvalue weighted by atomic mass is 10.1. The van der Waals surface area contributed by atoms with Gasteiger partial charge in [0, 0.05) is 22.2 Å². The lowest BCUT2D eigenvalue weighted by Gasteiger charge is -2.21. The Morgan fingerprint density at radius 1 is 0.882 bits per heavy atom. The van der Waals surface area contributed by atoms with E-state index in [1.807, 2.05) is 30.3 Å². The Morgan fingerprint density at radius 3 is 2.26 bits per heavy atom. The minimum atomic E-state index is 0.500. The Morgan fingerprint density at radius 2 is 1.59 bits per heavy atom. The summed E-state index contributed by atoms with van der Waals surface area (Å²) in [6, 6.07) is 15.8. The highest BCUT2D eigenvalue weighted by molar-refractivity contribution is 6.35. The number of unbranched alkanes of at least 4 members (excludes halogenated alkanes) is 2. The third-order valence-corrected chi connectivity index (χ3v) is 6.46. The van der Waals surface area contributed by atoms with Gasteiger partial charge in [0.2, 0.25) is 0 Å². The Kier molecular flexibility index (Phi) is 11.4. The quantitative estimate of drug-likeness (QED) is 0.236. The Hall–Kier alpha value is -1.92. The first-order valence-corrected chi connectivity index (χ1v) is 13.2. The average molecular weight is 503 g/mol. The van der Waals surface area contributed by atoms with Crippen LogP contribution in [0.4, 0.5) is 0 Å². The molecule has 0 amide bonds. The molecule has 3 aromatic rings. The molecule has 0 spiro atoms. The molecule has 0 saturated carbocycles. The van der Waals surface area contributed by atoms with Crippen molar-refractivity contribution >= 4 is 23.2 Å². The molecule has 1 heterocycles. The summed E-state index contributed by atoms with van der Waals surface area (Å²) in [6.45, 7) is 10.2. The summed E-state index contributed by atoms with van der Waals surface area (Å²) >= 11 is 12.4. The molecule has 0 aliphatic heterocycles. The van der Waals surface area contributed by atoms with Crippen LogP contribution in [0.3, 0.4) is 0 Å². The molecule has 0 saturated heterocycles. The van der Waals surface area contributed by atoms with Crippen LogP contribution in [0.2, 0.25) is 10.0 Å². The van der Waals surface area contributed by atoms with Gasteiger partial charge in [-0.05, 0) is 63.1 Å². The molecule has 0 unspecified atom stereocenters. The maximum Gasteiger partial charge on any atom is 0.117 e. The predicted molar refractivity (Wildman–Crippen MR) is 144 cm³/mol. The summed E-state index contributed by atoms with van der Waals surface area (Å²) in [7, 11) is 0. The van der Waals surface area contributed by atoms with Crippen molar-refractivity contribution in [2.24, 2.45) is 0 Å². The van der Waals surface area contributed by atoms with Crippen LogP contribution >= 0.6 is 23.2 Å². The van der Waals surface area contributed by atoms with E-state index >= 15 is 0 Å². The van der Waals surface area contributed by atoms with Crippen molar-refractivity contribution in [1.29, 1.82) is 0 Å². The highest BCUT2D eigenvalue weighted by Crippen LogP contribution is 2.23. The molecule has 0 aliphatic carbocycles. The van der Waals surface area contributed by atoms with Crippen LogP contribution in [-0.4, -0.2) is 46.1 Å². The first-order chi connectivity index (χ1) is 16.6. The fourth-order valence-electron chi connectivity index (χ4n) is 3.93. The molecular weight excluding hydrogens is 465 g/mol.